The second kappa shape index (κ2) is 10.3. The van der Waals surface area contributed by atoms with Gasteiger partial charge in [0.05, 0.1) is 18.8 Å². The highest BCUT2D eigenvalue weighted by Gasteiger charge is 2.62. The minimum absolute atomic E-state index is 0.000371. The van der Waals surface area contributed by atoms with Crippen molar-refractivity contribution in [3.05, 3.63) is 23.3 Å². The van der Waals surface area contributed by atoms with Gasteiger partial charge in [0.25, 0.3) is 0 Å². The Morgan fingerprint density at radius 2 is 1.91 bits per heavy atom. The molecule has 0 saturated heterocycles. The lowest BCUT2D eigenvalue weighted by molar-refractivity contribution is -0.208. The molecule has 3 fully saturated rings. The van der Waals surface area contributed by atoms with Crippen molar-refractivity contribution < 1.29 is 29.6 Å². The molecule has 0 unspecified atom stereocenters. The number of aliphatic hydroxyl groups excluding tert-OH is 2. The van der Waals surface area contributed by atoms with Crippen molar-refractivity contribution in [2.45, 2.75) is 103 Å². The first kappa shape index (κ1) is 26.8. The largest absolute Gasteiger partial charge is 0.469 e. The molecule has 0 amide bonds. The lowest BCUT2D eigenvalue weighted by Crippen LogP contribution is -2.64. The van der Waals surface area contributed by atoms with Crippen LogP contribution in [0.25, 0.3) is 0 Å². The molecule has 0 radical (unpaired) electrons. The molecule has 4 aliphatic carbocycles. The van der Waals surface area contributed by atoms with Crippen molar-refractivity contribution in [3.63, 3.8) is 0 Å². The Morgan fingerprint density at radius 1 is 1.14 bits per heavy atom. The second-order valence-corrected chi connectivity index (χ2v) is 12.0. The topological polar surface area (TPSA) is 96.2 Å². The standard InChI is InChI=1S/C29H46O6/c1-5-19-10-12-22-21-11-9-20-18-29(33,14-6-8-24(31)34-4)26(35-17-7-16-30)25(32)28(20,3)23(21)13-15-27(19,22)2/h9,11,19,22-23,25-26,30,32-33H,5-8,10,12-18H2,1-4H3/t19-,22-,23+,25-,26-,27+,28-,29+/m0/s1. The molecule has 3 saturated carbocycles. The van der Waals surface area contributed by atoms with Gasteiger partial charge >= 0.3 is 5.97 Å². The highest BCUT2D eigenvalue weighted by Crippen LogP contribution is 2.66. The van der Waals surface area contributed by atoms with Crippen LogP contribution in [0.2, 0.25) is 0 Å². The summed E-state index contributed by atoms with van der Waals surface area (Å²) in [4.78, 5) is 11.7. The van der Waals surface area contributed by atoms with E-state index in [2.05, 4.69) is 32.9 Å². The molecule has 3 N–H and O–H groups in total. The van der Waals surface area contributed by atoms with E-state index in [1.165, 1.54) is 38.4 Å². The van der Waals surface area contributed by atoms with Crippen LogP contribution in [0.5, 0.6) is 0 Å². The summed E-state index contributed by atoms with van der Waals surface area (Å²) in [6.45, 7) is 7.25. The molecule has 0 bridgehead atoms. The van der Waals surface area contributed by atoms with Crippen molar-refractivity contribution in [1.29, 1.82) is 0 Å². The van der Waals surface area contributed by atoms with Gasteiger partial charge in [-0.3, -0.25) is 4.79 Å². The molecule has 35 heavy (non-hydrogen) atoms. The van der Waals surface area contributed by atoms with Gasteiger partial charge in [-0.05, 0) is 68.1 Å². The maximum absolute atomic E-state index is 11.9. The predicted molar refractivity (Wildman–Crippen MR) is 134 cm³/mol. The highest BCUT2D eigenvalue weighted by atomic mass is 16.5. The van der Waals surface area contributed by atoms with Crippen LogP contribution >= 0.6 is 0 Å². The van der Waals surface area contributed by atoms with Gasteiger partial charge in [0.15, 0.2) is 0 Å². The van der Waals surface area contributed by atoms with E-state index in [0.29, 0.717) is 37.0 Å². The van der Waals surface area contributed by atoms with Crippen LogP contribution in [-0.2, 0) is 14.3 Å². The summed E-state index contributed by atoms with van der Waals surface area (Å²) >= 11 is 0. The molecule has 198 valence electrons. The lowest BCUT2D eigenvalue weighted by atomic mass is 9.48. The number of ether oxygens (including phenoxy) is 2. The van der Waals surface area contributed by atoms with Crippen LogP contribution in [0, 0.1) is 28.6 Å². The maximum Gasteiger partial charge on any atom is 0.305 e. The van der Waals surface area contributed by atoms with Crippen LogP contribution in [0.1, 0.15) is 85.0 Å². The van der Waals surface area contributed by atoms with E-state index in [9.17, 15) is 20.1 Å². The molecule has 6 heteroatoms. The van der Waals surface area contributed by atoms with Gasteiger partial charge in [-0.2, -0.15) is 0 Å². The van der Waals surface area contributed by atoms with E-state index in [1.807, 2.05) is 0 Å². The third-order valence-electron chi connectivity index (χ3n) is 10.4. The Kier molecular flexibility index (Phi) is 7.88. The average Bonchev–Trinajstić information content (AvgIpc) is 3.18. The molecular weight excluding hydrogens is 444 g/mol. The summed E-state index contributed by atoms with van der Waals surface area (Å²) in [7, 11) is 1.37. The highest BCUT2D eigenvalue weighted by molar-refractivity contribution is 5.69. The number of methoxy groups -OCH3 is 1. The Bertz CT molecular complexity index is 850. The Hall–Kier alpha value is -1.21. The molecule has 0 heterocycles. The molecule has 0 aliphatic heterocycles. The van der Waals surface area contributed by atoms with Gasteiger partial charge < -0.3 is 24.8 Å². The molecule has 0 spiro atoms. The first-order valence-electron chi connectivity index (χ1n) is 13.8. The number of hydrogen-bond acceptors (Lipinski definition) is 6. The normalized spacial score (nSPS) is 42.4. The maximum atomic E-state index is 11.9. The SMILES string of the molecule is CC[C@H]1CC[C@H]2C3=CC=C4C[C@](O)(CCCC(=O)OC)[C@@H](OCCCO)[C@H](O)[C@]4(C)[C@@H]3CC[C@]12C. The number of esters is 1. The molecule has 4 aliphatic rings. The molecule has 0 aromatic carbocycles. The number of rotatable bonds is 9. The number of allylic oxidation sites excluding steroid dienone is 3. The minimum Gasteiger partial charge on any atom is -0.469 e. The van der Waals surface area contributed by atoms with Crippen molar-refractivity contribution in [1.82, 2.24) is 0 Å². The quantitative estimate of drug-likeness (QED) is 0.329. The summed E-state index contributed by atoms with van der Waals surface area (Å²) in [6.07, 6.45) is 10.7. The van der Waals surface area contributed by atoms with Gasteiger partial charge in [0, 0.05) is 31.5 Å². The fourth-order valence-electron chi connectivity index (χ4n) is 8.33. The fourth-order valence-corrected chi connectivity index (χ4v) is 8.33. The van der Waals surface area contributed by atoms with E-state index in [0.717, 1.165) is 17.9 Å². The summed E-state index contributed by atoms with van der Waals surface area (Å²) < 4.78 is 10.9. The third-order valence-corrected chi connectivity index (χ3v) is 10.4. The zero-order valence-corrected chi connectivity index (χ0v) is 22.1. The van der Waals surface area contributed by atoms with Gasteiger partial charge in [-0.25, -0.2) is 0 Å². The lowest BCUT2D eigenvalue weighted by Gasteiger charge is -2.59. The Morgan fingerprint density at radius 3 is 2.60 bits per heavy atom. The van der Waals surface area contributed by atoms with E-state index >= 15 is 0 Å². The number of carbonyl (C=O) groups excluding carboxylic acids is 1. The smallest absolute Gasteiger partial charge is 0.305 e. The number of hydrogen-bond donors (Lipinski definition) is 3. The molecule has 8 atom stereocenters. The first-order chi connectivity index (χ1) is 16.7. The van der Waals surface area contributed by atoms with Gasteiger partial charge in [0.2, 0.25) is 0 Å². The van der Waals surface area contributed by atoms with Crippen molar-refractivity contribution in [3.8, 4) is 0 Å². The van der Waals surface area contributed by atoms with E-state index in [4.69, 9.17) is 9.47 Å². The van der Waals surface area contributed by atoms with E-state index < -0.39 is 23.2 Å². The summed E-state index contributed by atoms with van der Waals surface area (Å²) in [5, 5.41) is 33.1. The predicted octanol–water partition coefficient (Wildman–Crippen LogP) is 4.32. The summed E-state index contributed by atoms with van der Waals surface area (Å²) in [6, 6.07) is 0. The molecule has 0 aromatic heterocycles. The average molecular weight is 491 g/mol. The second-order valence-electron chi connectivity index (χ2n) is 12.0. The number of carbonyl (C=O) groups is 1. The monoisotopic (exact) mass is 490 g/mol. The van der Waals surface area contributed by atoms with Crippen molar-refractivity contribution in [2.24, 2.45) is 28.6 Å². The third kappa shape index (κ3) is 4.43. The van der Waals surface area contributed by atoms with Crippen LogP contribution in [-0.4, -0.2) is 59.4 Å². The zero-order valence-electron chi connectivity index (χ0n) is 22.1. The van der Waals surface area contributed by atoms with Crippen molar-refractivity contribution >= 4 is 5.97 Å². The number of fused-ring (bicyclic) bond motifs is 5. The fraction of sp³-hybridized carbons (Fsp3) is 0.828. The zero-order chi connectivity index (χ0) is 25.4. The molecule has 0 aromatic rings. The van der Waals surface area contributed by atoms with Gasteiger partial charge in [-0.15, -0.1) is 0 Å². The molecule has 6 nitrogen and oxygen atoms in total. The Balaban J connectivity index is 1.65. The van der Waals surface area contributed by atoms with Crippen LogP contribution in [0.15, 0.2) is 23.3 Å². The first-order valence-corrected chi connectivity index (χ1v) is 13.8. The van der Waals surface area contributed by atoms with Gasteiger partial charge in [0.1, 0.15) is 6.10 Å². The summed E-state index contributed by atoms with van der Waals surface area (Å²) in [5.41, 5.74) is 1.15. The van der Waals surface area contributed by atoms with Gasteiger partial charge in [-0.1, -0.05) is 50.5 Å². The molecular formula is C29H46O6. The summed E-state index contributed by atoms with van der Waals surface area (Å²) in [5.74, 6) is 1.26. The van der Waals surface area contributed by atoms with Crippen molar-refractivity contribution in [2.75, 3.05) is 20.3 Å². The van der Waals surface area contributed by atoms with Crippen LogP contribution in [0.3, 0.4) is 0 Å². The minimum atomic E-state index is -1.27. The number of aliphatic hydroxyl groups is 3. The van der Waals surface area contributed by atoms with E-state index in [1.54, 1.807) is 0 Å². The van der Waals surface area contributed by atoms with Crippen LogP contribution in [0.4, 0.5) is 0 Å². The van der Waals surface area contributed by atoms with Crippen LogP contribution < -0.4 is 0 Å². The molecule has 4 rings (SSSR count). The van der Waals surface area contributed by atoms with E-state index in [-0.39, 0.29) is 31.5 Å². The Labute approximate surface area is 210 Å².